The molecule has 232 valence electrons. The van der Waals surface area contributed by atoms with Crippen molar-refractivity contribution in [2.45, 2.75) is 63.2 Å². The topological polar surface area (TPSA) is 289 Å². The normalized spacial score (nSPS) is 13.4. The van der Waals surface area contributed by atoms with Crippen LogP contribution in [-0.2, 0) is 38.4 Å². The highest BCUT2D eigenvalue weighted by atomic mass is 33.1. The van der Waals surface area contributed by atoms with Crippen molar-refractivity contribution in [1.82, 2.24) is 26.6 Å². The van der Waals surface area contributed by atoms with Gasteiger partial charge in [0.2, 0.25) is 36.1 Å². The van der Waals surface area contributed by atoms with E-state index in [-0.39, 0.29) is 24.5 Å². The molecule has 0 aromatic carbocycles. The van der Waals surface area contributed by atoms with Crippen LogP contribution in [0.3, 0.4) is 0 Å². The van der Waals surface area contributed by atoms with Gasteiger partial charge in [0.15, 0.2) is 0 Å². The van der Waals surface area contributed by atoms with Crippen molar-refractivity contribution in [3.63, 3.8) is 0 Å². The molecule has 11 N–H and O–H groups in total. The van der Waals surface area contributed by atoms with E-state index in [1.807, 2.05) is 5.32 Å². The van der Waals surface area contributed by atoms with Gasteiger partial charge in [0.05, 0.1) is 0 Å². The van der Waals surface area contributed by atoms with Crippen LogP contribution in [0, 0.1) is 0 Å². The van der Waals surface area contributed by atoms with Crippen LogP contribution < -0.4 is 38.1 Å². The summed E-state index contributed by atoms with van der Waals surface area (Å²) in [5.41, 5.74) is 10.6. The molecule has 0 aliphatic carbocycles. The summed E-state index contributed by atoms with van der Waals surface area (Å²) in [6, 6.07) is -5.89. The number of primary amides is 1. The molecule has 0 radical (unpaired) electrons. The molecule has 0 saturated carbocycles. The molecule has 0 aromatic heterocycles. The van der Waals surface area contributed by atoms with Crippen LogP contribution in [0.5, 0.6) is 0 Å². The van der Waals surface area contributed by atoms with Crippen LogP contribution in [0.25, 0.3) is 0 Å². The van der Waals surface area contributed by atoms with Crippen LogP contribution in [0.4, 0.5) is 0 Å². The third kappa shape index (κ3) is 17.0. The number of hydrogen-bond donors (Lipinski definition) is 9. The standard InChI is InChI=1S/C22H37N7O10S2/c1-12(31)27-15(10-41-40-9-14(18(24)34)26-11-30)20(36)29-17(22(38)39)21(37)28-13(5-6-16(32)33)19(35)25-8-4-2-3-7-23/h11,13-15,17H,2-10,23H2,1H3,(H2,24,34)(H,25,35)(H,26,30)(H,27,31)(H,28,37)(H,29,36)(H,32,33)(H,38,39)/t13-,14-,15?,17+/m0/s1. The average Bonchev–Trinajstić information content (AvgIpc) is 2.89. The van der Waals surface area contributed by atoms with E-state index in [9.17, 15) is 43.5 Å². The molecule has 17 nitrogen and oxygen atoms in total. The van der Waals surface area contributed by atoms with Gasteiger partial charge < -0.3 is 48.3 Å². The fourth-order valence-corrected chi connectivity index (χ4v) is 5.36. The Kier molecular flexibility index (Phi) is 19.4. The lowest BCUT2D eigenvalue weighted by Gasteiger charge is -2.23. The summed E-state index contributed by atoms with van der Waals surface area (Å²) in [6.07, 6.45) is 1.48. The molecular weight excluding hydrogens is 586 g/mol. The van der Waals surface area contributed by atoms with Gasteiger partial charge in [-0.25, -0.2) is 4.79 Å². The van der Waals surface area contributed by atoms with Gasteiger partial charge in [-0.2, -0.15) is 0 Å². The van der Waals surface area contributed by atoms with E-state index in [1.165, 1.54) is 0 Å². The summed E-state index contributed by atoms with van der Waals surface area (Å²) in [6.45, 7) is 1.80. The number of carboxylic acid groups (broad SMARTS) is 2. The van der Waals surface area contributed by atoms with E-state index in [4.69, 9.17) is 16.6 Å². The molecule has 0 heterocycles. The van der Waals surface area contributed by atoms with Crippen molar-refractivity contribution in [3.8, 4) is 0 Å². The number of carbonyl (C=O) groups excluding carboxylic acids is 6. The van der Waals surface area contributed by atoms with Crippen molar-refractivity contribution >= 4 is 69.5 Å². The monoisotopic (exact) mass is 623 g/mol. The first kappa shape index (κ1) is 37.4. The van der Waals surface area contributed by atoms with E-state index in [1.54, 1.807) is 0 Å². The van der Waals surface area contributed by atoms with E-state index in [0.29, 0.717) is 19.4 Å². The summed E-state index contributed by atoms with van der Waals surface area (Å²) in [5.74, 6) is -7.62. The number of rotatable bonds is 23. The molecule has 0 saturated heterocycles. The van der Waals surface area contributed by atoms with Crippen molar-refractivity contribution < 1.29 is 48.6 Å². The first-order chi connectivity index (χ1) is 19.3. The van der Waals surface area contributed by atoms with E-state index < -0.39 is 72.1 Å². The van der Waals surface area contributed by atoms with Crippen LogP contribution >= 0.6 is 21.6 Å². The Morgan fingerprint density at radius 2 is 1.46 bits per heavy atom. The van der Waals surface area contributed by atoms with Crippen molar-refractivity contribution in [2.75, 3.05) is 24.6 Å². The molecular formula is C22H37N7O10S2. The van der Waals surface area contributed by atoms with Crippen LogP contribution in [-0.4, -0.2) is 107 Å². The van der Waals surface area contributed by atoms with Gasteiger partial charge in [-0.05, 0) is 25.8 Å². The van der Waals surface area contributed by atoms with Gasteiger partial charge in [-0.15, -0.1) is 0 Å². The molecule has 19 heteroatoms. The highest BCUT2D eigenvalue weighted by Gasteiger charge is 2.34. The van der Waals surface area contributed by atoms with Gasteiger partial charge in [-0.1, -0.05) is 28.0 Å². The Labute approximate surface area is 243 Å². The minimum absolute atomic E-state index is 0.0279. The summed E-state index contributed by atoms with van der Waals surface area (Å²) < 4.78 is 0. The largest absolute Gasteiger partial charge is 0.481 e. The second-order valence-corrected chi connectivity index (χ2v) is 11.0. The number of carboxylic acids is 2. The molecule has 0 aliphatic rings. The van der Waals surface area contributed by atoms with E-state index in [2.05, 4.69) is 21.3 Å². The first-order valence-corrected chi connectivity index (χ1v) is 14.9. The maximum absolute atomic E-state index is 12.8. The predicted octanol–water partition coefficient (Wildman–Crippen LogP) is -3.36. The molecule has 6 amide bonds. The lowest BCUT2D eigenvalue weighted by atomic mass is 10.1. The Morgan fingerprint density at radius 3 is 1.98 bits per heavy atom. The smallest absolute Gasteiger partial charge is 0.336 e. The average molecular weight is 624 g/mol. The minimum Gasteiger partial charge on any atom is -0.481 e. The molecule has 41 heavy (non-hydrogen) atoms. The zero-order chi connectivity index (χ0) is 31.4. The van der Waals surface area contributed by atoms with E-state index >= 15 is 0 Å². The lowest BCUT2D eigenvalue weighted by Crippen LogP contribution is -2.59. The first-order valence-electron chi connectivity index (χ1n) is 12.4. The molecule has 0 rings (SSSR count). The Morgan fingerprint density at radius 1 is 0.829 bits per heavy atom. The zero-order valence-electron chi connectivity index (χ0n) is 22.4. The van der Waals surface area contributed by atoms with Gasteiger partial charge >= 0.3 is 11.9 Å². The third-order valence-electron chi connectivity index (χ3n) is 5.12. The highest BCUT2D eigenvalue weighted by Crippen LogP contribution is 2.23. The Hall–Kier alpha value is -3.58. The van der Waals surface area contributed by atoms with Crippen LogP contribution in [0.15, 0.2) is 0 Å². The third-order valence-corrected chi connectivity index (χ3v) is 7.54. The molecule has 4 atom stereocenters. The zero-order valence-corrected chi connectivity index (χ0v) is 24.0. The summed E-state index contributed by atoms with van der Waals surface area (Å²) in [7, 11) is 2.03. The number of nitrogens with one attached hydrogen (secondary N) is 5. The predicted molar refractivity (Wildman–Crippen MR) is 149 cm³/mol. The fraction of sp³-hybridized carbons (Fsp3) is 0.636. The molecule has 0 fully saturated rings. The van der Waals surface area contributed by atoms with E-state index in [0.717, 1.165) is 41.4 Å². The van der Waals surface area contributed by atoms with Gasteiger partial charge in [0, 0.05) is 31.4 Å². The number of unbranched alkanes of at least 4 members (excludes halogenated alkanes) is 2. The van der Waals surface area contributed by atoms with Crippen molar-refractivity contribution in [1.29, 1.82) is 0 Å². The SMILES string of the molecule is CC(=O)NC(CSSC[C@H](NC=O)C(N)=O)C(=O)N[C@@H](C(=O)O)C(=O)N[C@@H](CCC(=O)O)C(=O)NCCCCCN. The van der Waals surface area contributed by atoms with Crippen LogP contribution in [0.1, 0.15) is 39.0 Å². The quantitative estimate of drug-likeness (QED) is 0.0233. The second kappa shape index (κ2) is 21.2. The molecule has 0 aromatic rings. The van der Waals surface area contributed by atoms with Crippen LogP contribution in [0.2, 0.25) is 0 Å². The number of aliphatic carboxylic acids is 2. The van der Waals surface area contributed by atoms with Gasteiger partial charge in [0.1, 0.15) is 18.1 Å². The molecule has 0 spiro atoms. The van der Waals surface area contributed by atoms with Crippen molar-refractivity contribution in [2.24, 2.45) is 11.5 Å². The lowest BCUT2D eigenvalue weighted by molar-refractivity contribution is -0.147. The highest BCUT2D eigenvalue weighted by molar-refractivity contribution is 8.76. The summed E-state index contributed by atoms with van der Waals surface area (Å²) in [4.78, 5) is 94.5. The van der Waals surface area contributed by atoms with Crippen molar-refractivity contribution in [3.05, 3.63) is 0 Å². The maximum Gasteiger partial charge on any atom is 0.336 e. The summed E-state index contributed by atoms with van der Waals surface area (Å²) in [5, 5.41) is 29.8. The minimum atomic E-state index is -2.18. The number of amides is 6. The maximum atomic E-state index is 12.8. The second-order valence-electron chi connectivity index (χ2n) is 8.48. The molecule has 0 aliphatic heterocycles. The number of carbonyl (C=O) groups is 8. The van der Waals surface area contributed by atoms with Gasteiger partial charge in [0.25, 0.3) is 5.91 Å². The van der Waals surface area contributed by atoms with Gasteiger partial charge in [-0.3, -0.25) is 33.6 Å². The number of hydrogen-bond acceptors (Lipinski definition) is 11. The summed E-state index contributed by atoms with van der Waals surface area (Å²) >= 11 is 0. The number of nitrogens with two attached hydrogens (primary N) is 2. The molecule has 0 bridgehead atoms. The Bertz CT molecular complexity index is 940. The molecule has 1 unspecified atom stereocenters. The Balaban J connectivity index is 5.38. The fourth-order valence-electron chi connectivity index (χ4n) is 3.01.